The summed E-state index contributed by atoms with van der Waals surface area (Å²) < 4.78 is 1.14. The number of halogens is 2. The van der Waals surface area contributed by atoms with Gasteiger partial charge in [-0.25, -0.2) is 0 Å². The molecule has 0 aliphatic heterocycles. The summed E-state index contributed by atoms with van der Waals surface area (Å²) in [6, 6.07) is 5.96. The second-order valence-corrected chi connectivity index (χ2v) is 4.38. The van der Waals surface area contributed by atoms with Crippen LogP contribution in [0.3, 0.4) is 0 Å². The molecule has 0 aromatic heterocycles. The van der Waals surface area contributed by atoms with E-state index in [2.05, 4.69) is 39.7 Å². The van der Waals surface area contributed by atoms with E-state index in [1.807, 2.05) is 25.1 Å². The van der Waals surface area contributed by atoms with Crippen molar-refractivity contribution in [3.63, 3.8) is 0 Å². The fourth-order valence-corrected chi connectivity index (χ4v) is 1.94. The smallest absolute Gasteiger partial charge is 0.0648 e. The Balaban J connectivity index is 2.53. The number of benzene rings is 1. The van der Waals surface area contributed by atoms with Crippen molar-refractivity contribution in [2.24, 2.45) is 0 Å². The molecule has 74 valence electrons. The average molecular weight is 320 g/mol. The first kappa shape index (κ1) is 11.7. The van der Waals surface area contributed by atoms with Gasteiger partial charge in [-0.2, -0.15) is 0 Å². The SMILES string of the molecule is CC#CCCNc1ccc(I)cc1Cl. The Morgan fingerprint density at radius 3 is 2.93 bits per heavy atom. The normalized spacial score (nSPS) is 9.07. The zero-order chi connectivity index (χ0) is 10.4. The summed E-state index contributed by atoms with van der Waals surface area (Å²) in [6.07, 6.45) is 0.846. The lowest BCUT2D eigenvalue weighted by Crippen LogP contribution is -2.00. The Hall–Kier alpha value is -0.400. The number of hydrogen-bond acceptors (Lipinski definition) is 1. The van der Waals surface area contributed by atoms with Crippen LogP contribution in [0.4, 0.5) is 5.69 Å². The highest BCUT2D eigenvalue weighted by Crippen LogP contribution is 2.23. The minimum atomic E-state index is 0.765. The largest absolute Gasteiger partial charge is 0.383 e. The summed E-state index contributed by atoms with van der Waals surface area (Å²) in [4.78, 5) is 0. The highest BCUT2D eigenvalue weighted by Gasteiger charge is 1.98. The molecule has 0 amide bonds. The average Bonchev–Trinajstić information content (AvgIpc) is 2.15. The molecular formula is C11H11ClIN. The Bertz CT molecular complexity index is 365. The van der Waals surface area contributed by atoms with Crippen LogP contribution in [0.5, 0.6) is 0 Å². The van der Waals surface area contributed by atoms with Crippen LogP contribution >= 0.6 is 34.2 Å². The van der Waals surface area contributed by atoms with Crippen LogP contribution in [0.1, 0.15) is 13.3 Å². The number of nitrogens with one attached hydrogen (secondary N) is 1. The highest BCUT2D eigenvalue weighted by atomic mass is 127. The number of rotatable bonds is 3. The third-order valence-electron chi connectivity index (χ3n) is 1.67. The molecule has 0 atom stereocenters. The first-order valence-corrected chi connectivity index (χ1v) is 5.78. The van der Waals surface area contributed by atoms with E-state index in [4.69, 9.17) is 11.6 Å². The van der Waals surface area contributed by atoms with E-state index >= 15 is 0 Å². The second-order valence-electron chi connectivity index (χ2n) is 2.73. The van der Waals surface area contributed by atoms with Gasteiger partial charge in [-0.3, -0.25) is 0 Å². The Morgan fingerprint density at radius 2 is 2.29 bits per heavy atom. The van der Waals surface area contributed by atoms with Crippen molar-refractivity contribution in [1.82, 2.24) is 0 Å². The van der Waals surface area contributed by atoms with Crippen LogP contribution in [0.2, 0.25) is 5.02 Å². The Morgan fingerprint density at radius 1 is 1.50 bits per heavy atom. The summed E-state index contributed by atoms with van der Waals surface area (Å²) in [5, 5.41) is 4.00. The van der Waals surface area contributed by atoms with Gasteiger partial charge in [-0.05, 0) is 47.7 Å². The maximum atomic E-state index is 6.04. The van der Waals surface area contributed by atoms with Crippen LogP contribution in [-0.4, -0.2) is 6.54 Å². The van der Waals surface area contributed by atoms with Crippen molar-refractivity contribution < 1.29 is 0 Å². The quantitative estimate of drug-likeness (QED) is 0.508. The van der Waals surface area contributed by atoms with Gasteiger partial charge in [0.05, 0.1) is 10.7 Å². The fourth-order valence-electron chi connectivity index (χ4n) is 1.02. The van der Waals surface area contributed by atoms with E-state index in [1.54, 1.807) is 0 Å². The fraction of sp³-hybridized carbons (Fsp3) is 0.273. The summed E-state index contributed by atoms with van der Waals surface area (Å²) >= 11 is 8.28. The van der Waals surface area contributed by atoms with Gasteiger partial charge in [0, 0.05) is 16.5 Å². The molecule has 0 fully saturated rings. The molecule has 1 nitrogen and oxygen atoms in total. The molecule has 0 heterocycles. The van der Waals surface area contributed by atoms with Gasteiger partial charge >= 0.3 is 0 Å². The zero-order valence-corrected chi connectivity index (χ0v) is 10.8. The highest BCUT2D eigenvalue weighted by molar-refractivity contribution is 14.1. The molecule has 3 heteroatoms. The van der Waals surface area contributed by atoms with E-state index in [0.717, 1.165) is 27.2 Å². The molecule has 0 bridgehead atoms. The van der Waals surface area contributed by atoms with Crippen molar-refractivity contribution in [2.75, 3.05) is 11.9 Å². The zero-order valence-electron chi connectivity index (χ0n) is 7.90. The van der Waals surface area contributed by atoms with Gasteiger partial charge in [0.15, 0.2) is 0 Å². The van der Waals surface area contributed by atoms with Crippen molar-refractivity contribution >= 4 is 39.9 Å². The maximum absolute atomic E-state index is 6.04. The molecule has 0 unspecified atom stereocenters. The number of hydrogen-bond donors (Lipinski definition) is 1. The van der Waals surface area contributed by atoms with Crippen molar-refractivity contribution in [3.8, 4) is 11.8 Å². The van der Waals surface area contributed by atoms with Gasteiger partial charge < -0.3 is 5.32 Å². The van der Waals surface area contributed by atoms with E-state index < -0.39 is 0 Å². The minimum Gasteiger partial charge on any atom is -0.383 e. The van der Waals surface area contributed by atoms with E-state index in [0.29, 0.717) is 0 Å². The Labute approximate surface area is 103 Å². The molecule has 0 spiro atoms. The van der Waals surface area contributed by atoms with E-state index in [1.165, 1.54) is 0 Å². The second kappa shape index (κ2) is 6.15. The van der Waals surface area contributed by atoms with Crippen LogP contribution < -0.4 is 5.32 Å². The van der Waals surface area contributed by atoms with Crippen LogP contribution in [0, 0.1) is 15.4 Å². The molecule has 0 saturated carbocycles. The van der Waals surface area contributed by atoms with Gasteiger partial charge in [0.1, 0.15) is 0 Å². The van der Waals surface area contributed by atoms with Gasteiger partial charge in [-0.15, -0.1) is 11.8 Å². The van der Waals surface area contributed by atoms with Crippen molar-refractivity contribution in [2.45, 2.75) is 13.3 Å². The third kappa shape index (κ3) is 3.77. The van der Waals surface area contributed by atoms with Gasteiger partial charge in [0.2, 0.25) is 0 Å². The molecule has 1 aromatic carbocycles. The topological polar surface area (TPSA) is 12.0 Å². The summed E-state index contributed by atoms with van der Waals surface area (Å²) in [5.41, 5.74) is 0.977. The maximum Gasteiger partial charge on any atom is 0.0648 e. The van der Waals surface area contributed by atoms with E-state index in [9.17, 15) is 0 Å². The molecule has 14 heavy (non-hydrogen) atoms. The van der Waals surface area contributed by atoms with Gasteiger partial charge in [-0.1, -0.05) is 11.6 Å². The molecule has 0 aliphatic carbocycles. The standard InChI is InChI=1S/C11H11ClIN/c1-2-3-4-7-14-11-6-5-9(13)8-10(11)12/h5-6,8,14H,4,7H2,1H3. The molecule has 0 aliphatic rings. The lowest BCUT2D eigenvalue weighted by Gasteiger charge is -2.06. The summed E-state index contributed by atoms with van der Waals surface area (Å²) in [5.74, 6) is 5.85. The molecule has 0 saturated heterocycles. The predicted molar refractivity (Wildman–Crippen MR) is 70.7 cm³/mol. The number of anilines is 1. The van der Waals surface area contributed by atoms with Crippen molar-refractivity contribution in [3.05, 3.63) is 26.8 Å². The first-order valence-electron chi connectivity index (χ1n) is 4.32. The first-order chi connectivity index (χ1) is 6.74. The van der Waals surface area contributed by atoms with Gasteiger partial charge in [0.25, 0.3) is 0 Å². The monoisotopic (exact) mass is 319 g/mol. The van der Waals surface area contributed by atoms with Crippen LogP contribution in [0.25, 0.3) is 0 Å². The lowest BCUT2D eigenvalue weighted by molar-refractivity contribution is 1.10. The Kier molecular flexibility index (Phi) is 5.13. The van der Waals surface area contributed by atoms with Crippen molar-refractivity contribution in [1.29, 1.82) is 0 Å². The molecule has 1 N–H and O–H groups in total. The summed E-state index contributed by atoms with van der Waals surface area (Å²) in [6.45, 7) is 2.68. The molecule has 0 radical (unpaired) electrons. The van der Waals surface area contributed by atoms with Crippen LogP contribution in [0.15, 0.2) is 18.2 Å². The lowest BCUT2D eigenvalue weighted by atomic mass is 10.3. The van der Waals surface area contributed by atoms with Crippen LogP contribution in [-0.2, 0) is 0 Å². The molecular weight excluding hydrogens is 308 g/mol. The molecule has 1 aromatic rings. The predicted octanol–water partition coefficient (Wildman–Crippen LogP) is 3.77. The molecule has 1 rings (SSSR count). The third-order valence-corrected chi connectivity index (χ3v) is 2.66. The summed E-state index contributed by atoms with van der Waals surface area (Å²) in [7, 11) is 0. The minimum absolute atomic E-state index is 0.765. The van der Waals surface area contributed by atoms with E-state index in [-0.39, 0.29) is 0 Å².